The third-order valence-corrected chi connectivity index (χ3v) is 6.22. The molecule has 0 N–H and O–H groups in total. The van der Waals surface area contributed by atoms with Crippen LogP contribution in [0.1, 0.15) is 21.2 Å². The van der Waals surface area contributed by atoms with Crippen LogP contribution in [-0.4, -0.2) is 47.8 Å². The maximum atomic E-state index is 13.4. The molecule has 6 heteroatoms. The van der Waals surface area contributed by atoms with Crippen LogP contribution in [0.5, 0.6) is 0 Å². The fourth-order valence-electron chi connectivity index (χ4n) is 3.39. The van der Waals surface area contributed by atoms with Crippen molar-refractivity contribution in [2.24, 2.45) is 0 Å². The predicted molar refractivity (Wildman–Crippen MR) is 113 cm³/mol. The van der Waals surface area contributed by atoms with Crippen molar-refractivity contribution < 1.29 is 14.0 Å². The number of amides is 2. The summed E-state index contributed by atoms with van der Waals surface area (Å²) >= 11 is 1.56. The second-order valence-corrected chi connectivity index (χ2v) is 8.03. The summed E-state index contributed by atoms with van der Waals surface area (Å²) < 4.78 is 5.01. The second-order valence-electron chi connectivity index (χ2n) is 6.85. The van der Waals surface area contributed by atoms with Crippen LogP contribution in [0.15, 0.2) is 88.6 Å². The van der Waals surface area contributed by atoms with Gasteiger partial charge in [0.2, 0.25) is 5.91 Å². The van der Waals surface area contributed by atoms with Crippen molar-refractivity contribution in [3.63, 3.8) is 0 Å². The Hall–Kier alpha value is -2.99. The zero-order chi connectivity index (χ0) is 20.1. The van der Waals surface area contributed by atoms with Gasteiger partial charge in [0.25, 0.3) is 5.91 Å². The van der Waals surface area contributed by atoms with Crippen LogP contribution in [0.2, 0.25) is 0 Å². The van der Waals surface area contributed by atoms with Crippen LogP contribution in [0.25, 0.3) is 0 Å². The van der Waals surface area contributed by atoms with Crippen molar-refractivity contribution in [3.8, 4) is 0 Å². The molecule has 1 fully saturated rings. The zero-order valence-electron chi connectivity index (χ0n) is 15.9. The number of furan rings is 1. The maximum absolute atomic E-state index is 13.4. The summed E-state index contributed by atoms with van der Waals surface area (Å²) in [5, 5.41) is -0.310. The first kappa shape index (κ1) is 19.3. The fraction of sp³-hybridized carbons (Fsp3) is 0.217. The van der Waals surface area contributed by atoms with E-state index in [1.54, 1.807) is 22.7 Å². The molecule has 1 atom stereocenters. The lowest BCUT2D eigenvalue weighted by Gasteiger charge is -2.36. The van der Waals surface area contributed by atoms with E-state index < -0.39 is 0 Å². The number of thioether (sulfide) groups is 1. The summed E-state index contributed by atoms with van der Waals surface area (Å²) in [4.78, 5) is 30.6. The molecular formula is C23H22N2O3S. The molecule has 2 amide bonds. The summed E-state index contributed by atoms with van der Waals surface area (Å²) in [5.74, 6) is 0.0320. The van der Waals surface area contributed by atoms with Crippen molar-refractivity contribution in [1.82, 2.24) is 9.80 Å². The minimum atomic E-state index is -0.310. The van der Waals surface area contributed by atoms with Crippen LogP contribution in [-0.2, 0) is 4.79 Å². The number of rotatable bonds is 5. The summed E-state index contributed by atoms with van der Waals surface area (Å²) in [5.41, 5.74) is 1.54. The minimum absolute atomic E-state index is 0.0517. The SMILES string of the molecule is O=C(c1ccoc1)N1CCN(C(=O)[C@@H](Sc2ccccc2)c2ccccc2)CC1. The normalized spacial score (nSPS) is 15.2. The largest absolute Gasteiger partial charge is 0.472 e. The molecular weight excluding hydrogens is 384 g/mol. The van der Waals surface area contributed by atoms with Gasteiger partial charge in [0.05, 0.1) is 11.8 Å². The highest BCUT2D eigenvalue weighted by Gasteiger charge is 2.31. The third kappa shape index (κ3) is 4.54. The van der Waals surface area contributed by atoms with E-state index in [0.29, 0.717) is 31.7 Å². The highest BCUT2D eigenvalue weighted by molar-refractivity contribution is 8.00. The molecule has 0 bridgehead atoms. The van der Waals surface area contributed by atoms with Gasteiger partial charge in [0, 0.05) is 31.1 Å². The standard InChI is InChI=1S/C23H22N2O3S/c26-22(19-11-16-28-17-19)24-12-14-25(15-13-24)23(27)21(18-7-3-1-4-8-18)29-20-9-5-2-6-10-20/h1-11,16-17,21H,12-15H2/t21-/m0/s1. The molecule has 5 nitrogen and oxygen atoms in total. The molecule has 2 aromatic carbocycles. The molecule has 4 rings (SSSR count). The Morgan fingerprint density at radius 3 is 2.07 bits per heavy atom. The van der Waals surface area contributed by atoms with E-state index in [-0.39, 0.29) is 17.1 Å². The summed E-state index contributed by atoms with van der Waals surface area (Å²) in [7, 11) is 0. The predicted octanol–water partition coefficient (Wildman–Crippen LogP) is 4.10. The highest BCUT2D eigenvalue weighted by atomic mass is 32.2. The highest BCUT2D eigenvalue weighted by Crippen LogP contribution is 2.36. The number of piperazine rings is 1. The first-order valence-corrected chi connectivity index (χ1v) is 10.5. The summed E-state index contributed by atoms with van der Waals surface area (Å²) in [6.45, 7) is 2.10. The molecule has 2 heterocycles. The first-order valence-electron chi connectivity index (χ1n) is 9.59. The van der Waals surface area contributed by atoms with Crippen LogP contribution in [0.4, 0.5) is 0 Å². The number of nitrogens with zero attached hydrogens (tertiary/aromatic N) is 2. The van der Waals surface area contributed by atoms with Crippen LogP contribution >= 0.6 is 11.8 Å². The molecule has 0 unspecified atom stereocenters. The van der Waals surface area contributed by atoms with Gasteiger partial charge in [-0.05, 0) is 23.8 Å². The minimum Gasteiger partial charge on any atom is -0.472 e. The van der Waals surface area contributed by atoms with E-state index >= 15 is 0 Å². The van der Waals surface area contributed by atoms with Crippen molar-refractivity contribution in [1.29, 1.82) is 0 Å². The van der Waals surface area contributed by atoms with Gasteiger partial charge in [-0.3, -0.25) is 9.59 Å². The van der Waals surface area contributed by atoms with Crippen LogP contribution in [0.3, 0.4) is 0 Å². The first-order chi connectivity index (χ1) is 14.2. The zero-order valence-corrected chi connectivity index (χ0v) is 16.8. The molecule has 1 aliphatic rings. The molecule has 1 saturated heterocycles. The van der Waals surface area contributed by atoms with Crippen molar-refractivity contribution in [3.05, 3.63) is 90.4 Å². The lowest BCUT2D eigenvalue weighted by Crippen LogP contribution is -2.51. The van der Waals surface area contributed by atoms with Gasteiger partial charge in [0.1, 0.15) is 11.5 Å². The van der Waals surface area contributed by atoms with Gasteiger partial charge in [-0.25, -0.2) is 0 Å². The number of carbonyl (C=O) groups excluding carboxylic acids is 2. The Bertz CT molecular complexity index is 937. The number of carbonyl (C=O) groups is 2. The Morgan fingerprint density at radius 1 is 0.828 bits per heavy atom. The molecule has 1 aromatic heterocycles. The van der Waals surface area contributed by atoms with E-state index in [4.69, 9.17) is 4.42 Å². The van der Waals surface area contributed by atoms with Gasteiger partial charge < -0.3 is 14.2 Å². The van der Waals surface area contributed by atoms with E-state index in [2.05, 4.69) is 0 Å². The number of hydrogen-bond acceptors (Lipinski definition) is 4. The van der Waals surface area contributed by atoms with Gasteiger partial charge in [-0.2, -0.15) is 0 Å². The van der Waals surface area contributed by atoms with E-state index in [1.165, 1.54) is 12.5 Å². The summed E-state index contributed by atoms with van der Waals surface area (Å²) in [6, 6.07) is 21.5. The van der Waals surface area contributed by atoms with Gasteiger partial charge in [-0.15, -0.1) is 11.8 Å². The Morgan fingerprint density at radius 2 is 1.45 bits per heavy atom. The smallest absolute Gasteiger partial charge is 0.257 e. The maximum Gasteiger partial charge on any atom is 0.257 e. The van der Waals surface area contributed by atoms with Gasteiger partial charge in [-0.1, -0.05) is 48.5 Å². The number of benzene rings is 2. The lowest BCUT2D eigenvalue weighted by molar-refractivity contribution is -0.132. The molecule has 1 aliphatic heterocycles. The molecule has 0 radical (unpaired) electrons. The summed E-state index contributed by atoms with van der Waals surface area (Å²) in [6.07, 6.45) is 2.96. The average Bonchev–Trinajstić information content (AvgIpc) is 3.33. The fourth-order valence-corrected chi connectivity index (χ4v) is 4.52. The Kier molecular flexibility index (Phi) is 6.00. The van der Waals surface area contributed by atoms with Crippen molar-refractivity contribution >= 4 is 23.6 Å². The van der Waals surface area contributed by atoms with Crippen molar-refractivity contribution in [2.75, 3.05) is 26.2 Å². The van der Waals surface area contributed by atoms with E-state index in [1.807, 2.05) is 65.6 Å². The monoisotopic (exact) mass is 406 g/mol. The van der Waals surface area contributed by atoms with E-state index in [9.17, 15) is 9.59 Å². The molecule has 148 valence electrons. The quantitative estimate of drug-likeness (QED) is 0.599. The molecule has 3 aromatic rings. The molecule has 0 saturated carbocycles. The third-order valence-electron chi connectivity index (χ3n) is 4.97. The Balaban J connectivity index is 1.46. The molecule has 0 spiro atoms. The van der Waals surface area contributed by atoms with E-state index in [0.717, 1.165) is 10.5 Å². The van der Waals surface area contributed by atoms with Gasteiger partial charge >= 0.3 is 0 Å². The van der Waals surface area contributed by atoms with Crippen molar-refractivity contribution in [2.45, 2.75) is 10.1 Å². The molecule has 0 aliphatic carbocycles. The Labute approximate surface area is 174 Å². The van der Waals surface area contributed by atoms with Crippen LogP contribution < -0.4 is 0 Å². The number of hydrogen-bond donors (Lipinski definition) is 0. The average molecular weight is 407 g/mol. The van der Waals surface area contributed by atoms with Gasteiger partial charge in [0.15, 0.2) is 0 Å². The van der Waals surface area contributed by atoms with Crippen LogP contribution in [0, 0.1) is 0 Å². The lowest BCUT2D eigenvalue weighted by atomic mass is 10.1. The topological polar surface area (TPSA) is 53.8 Å². The molecule has 29 heavy (non-hydrogen) atoms. The second kappa shape index (κ2) is 9.01.